The molecule has 2 saturated carbocycles. The van der Waals surface area contributed by atoms with E-state index in [-0.39, 0.29) is 6.29 Å². The van der Waals surface area contributed by atoms with Gasteiger partial charge in [0.15, 0.2) is 6.29 Å². The highest BCUT2D eigenvalue weighted by Gasteiger charge is 2.33. The predicted molar refractivity (Wildman–Crippen MR) is 83.1 cm³/mol. The van der Waals surface area contributed by atoms with Crippen LogP contribution in [0.2, 0.25) is 0 Å². The third-order valence-electron chi connectivity index (χ3n) is 5.54. The third kappa shape index (κ3) is 4.43. The maximum Gasteiger partial charge on any atom is 0.160 e. The van der Waals surface area contributed by atoms with Crippen LogP contribution in [-0.4, -0.2) is 31.7 Å². The number of ether oxygens (including phenoxy) is 3. The van der Waals surface area contributed by atoms with Crippen LogP contribution in [0.3, 0.4) is 0 Å². The van der Waals surface area contributed by atoms with Crippen molar-refractivity contribution in [1.29, 1.82) is 0 Å². The minimum absolute atomic E-state index is 0.0534. The maximum absolute atomic E-state index is 6.35. The van der Waals surface area contributed by atoms with Gasteiger partial charge in [0, 0.05) is 11.8 Å². The third-order valence-corrected chi connectivity index (χ3v) is 5.54. The fourth-order valence-electron chi connectivity index (χ4n) is 4.02. The van der Waals surface area contributed by atoms with E-state index in [1.165, 1.54) is 51.4 Å². The Labute approximate surface area is 129 Å². The van der Waals surface area contributed by atoms with Crippen LogP contribution in [0.4, 0.5) is 0 Å². The van der Waals surface area contributed by atoms with Crippen LogP contribution in [0.5, 0.6) is 0 Å². The fourth-order valence-corrected chi connectivity index (χ4v) is 4.02. The second-order valence-corrected chi connectivity index (χ2v) is 7.69. The quantitative estimate of drug-likeness (QED) is 0.783. The van der Waals surface area contributed by atoms with E-state index in [0.29, 0.717) is 24.0 Å². The van der Waals surface area contributed by atoms with Crippen LogP contribution < -0.4 is 0 Å². The van der Waals surface area contributed by atoms with E-state index in [1.54, 1.807) is 0 Å². The molecule has 0 atom stereocenters. The predicted octanol–water partition coefficient (Wildman–Crippen LogP) is 4.15. The van der Waals surface area contributed by atoms with Gasteiger partial charge in [0.05, 0.1) is 25.4 Å². The summed E-state index contributed by atoms with van der Waals surface area (Å²) in [6.07, 6.45) is 11.1. The van der Waals surface area contributed by atoms with E-state index < -0.39 is 0 Å². The summed E-state index contributed by atoms with van der Waals surface area (Å²) in [5.74, 6) is 2.04. The first-order chi connectivity index (χ1) is 10.2. The highest BCUT2D eigenvalue weighted by atomic mass is 16.7. The van der Waals surface area contributed by atoms with Crippen molar-refractivity contribution in [3.63, 3.8) is 0 Å². The van der Waals surface area contributed by atoms with Crippen molar-refractivity contribution >= 4 is 0 Å². The number of hydrogen-bond acceptors (Lipinski definition) is 3. The van der Waals surface area contributed by atoms with E-state index in [2.05, 4.69) is 13.8 Å². The molecule has 3 aliphatic rings. The molecule has 3 fully saturated rings. The molecule has 1 aliphatic heterocycles. The number of rotatable bonds is 3. The first kappa shape index (κ1) is 15.8. The zero-order valence-corrected chi connectivity index (χ0v) is 13.8. The van der Waals surface area contributed by atoms with Crippen LogP contribution in [0.15, 0.2) is 0 Å². The molecule has 0 aromatic heterocycles. The summed E-state index contributed by atoms with van der Waals surface area (Å²) >= 11 is 0. The van der Waals surface area contributed by atoms with Gasteiger partial charge in [0.25, 0.3) is 0 Å². The normalized spacial score (nSPS) is 45.4. The van der Waals surface area contributed by atoms with Crippen molar-refractivity contribution in [1.82, 2.24) is 0 Å². The van der Waals surface area contributed by atoms with Crippen LogP contribution in [-0.2, 0) is 14.2 Å². The first-order valence-electron chi connectivity index (χ1n) is 9.09. The summed E-state index contributed by atoms with van der Waals surface area (Å²) in [6.45, 7) is 6.28. The Hall–Kier alpha value is -0.120. The van der Waals surface area contributed by atoms with Crippen molar-refractivity contribution in [3.8, 4) is 0 Å². The zero-order chi connectivity index (χ0) is 14.7. The van der Waals surface area contributed by atoms with Gasteiger partial charge >= 0.3 is 0 Å². The van der Waals surface area contributed by atoms with Gasteiger partial charge in [-0.2, -0.15) is 0 Å². The van der Waals surface area contributed by atoms with E-state index >= 15 is 0 Å². The summed E-state index contributed by atoms with van der Waals surface area (Å²) in [7, 11) is 0. The molecule has 3 rings (SSSR count). The minimum Gasteiger partial charge on any atom is -0.375 e. The Morgan fingerprint density at radius 2 is 1.19 bits per heavy atom. The smallest absolute Gasteiger partial charge is 0.160 e. The second-order valence-electron chi connectivity index (χ2n) is 7.69. The molecule has 0 amide bonds. The Bertz CT molecular complexity index is 296. The van der Waals surface area contributed by atoms with Gasteiger partial charge in [0.1, 0.15) is 0 Å². The molecular weight excluding hydrogens is 264 g/mol. The van der Waals surface area contributed by atoms with Crippen molar-refractivity contribution < 1.29 is 14.2 Å². The molecule has 21 heavy (non-hydrogen) atoms. The zero-order valence-electron chi connectivity index (χ0n) is 13.8. The Morgan fingerprint density at radius 1 is 0.667 bits per heavy atom. The lowest BCUT2D eigenvalue weighted by Gasteiger charge is -2.38. The lowest BCUT2D eigenvalue weighted by atomic mass is 9.85. The van der Waals surface area contributed by atoms with Gasteiger partial charge in [-0.1, -0.05) is 13.8 Å². The highest BCUT2D eigenvalue weighted by molar-refractivity contribution is 4.79. The van der Waals surface area contributed by atoms with Crippen LogP contribution >= 0.6 is 0 Å². The average Bonchev–Trinajstić information content (AvgIpc) is 2.51. The topological polar surface area (TPSA) is 27.7 Å². The lowest BCUT2D eigenvalue weighted by Crippen LogP contribution is -2.39. The molecule has 0 unspecified atom stereocenters. The van der Waals surface area contributed by atoms with Crippen LogP contribution in [0.25, 0.3) is 0 Å². The van der Waals surface area contributed by atoms with Gasteiger partial charge in [-0.05, 0) is 57.3 Å². The number of hydrogen-bond donors (Lipinski definition) is 0. The molecule has 0 N–H and O–H groups in total. The van der Waals surface area contributed by atoms with E-state index in [0.717, 1.165) is 19.1 Å². The molecule has 3 heteroatoms. The van der Waals surface area contributed by atoms with Gasteiger partial charge < -0.3 is 14.2 Å². The van der Waals surface area contributed by atoms with E-state index in [4.69, 9.17) is 14.2 Å². The Balaban J connectivity index is 1.37. The van der Waals surface area contributed by atoms with Gasteiger partial charge in [-0.3, -0.25) is 0 Å². The second kappa shape index (κ2) is 7.43. The molecule has 1 saturated heterocycles. The Kier molecular flexibility index (Phi) is 5.58. The molecule has 0 radical (unpaired) electrons. The molecule has 1 heterocycles. The van der Waals surface area contributed by atoms with Crippen molar-refractivity contribution in [3.05, 3.63) is 0 Å². The average molecular weight is 296 g/mol. The summed E-state index contributed by atoms with van der Waals surface area (Å²) < 4.78 is 18.1. The maximum atomic E-state index is 6.35. The highest BCUT2D eigenvalue weighted by Crippen LogP contribution is 2.34. The van der Waals surface area contributed by atoms with Crippen molar-refractivity contribution in [2.75, 3.05) is 13.2 Å². The standard InChI is InChI=1S/C18H32O3/c1-13-3-7-16(8-4-13)21-17-9-5-15(6-10-17)18-19-11-14(2)12-20-18/h13-18H,3-12H2,1-2H3. The monoisotopic (exact) mass is 296 g/mol. The largest absolute Gasteiger partial charge is 0.375 e. The van der Waals surface area contributed by atoms with Crippen molar-refractivity contribution in [2.24, 2.45) is 17.8 Å². The molecule has 2 aliphatic carbocycles. The molecule has 0 spiro atoms. The van der Waals surface area contributed by atoms with Gasteiger partial charge in [-0.15, -0.1) is 0 Å². The molecule has 0 aromatic carbocycles. The fraction of sp³-hybridized carbons (Fsp3) is 1.00. The molecule has 0 aromatic rings. The van der Waals surface area contributed by atoms with Gasteiger partial charge in [0.2, 0.25) is 0 Å². The van der Waals surface area contributed by atoms with E-state index in [1.807, 2.05) is 0 Å². The molecular formula is C18H32O3. The lowest BCUT2D eigenvalue weighted by molar-refractivity contribution is -0.229. The Morgan fingerprint density at radius 3 is 1.76 bits per heavy atom. The van der Waals surface area contributed by atoms with Gasteiger partial charge in [-0.25, -0.2) is 0 Å². The summed E-state index contributed by atoms with van der Waals surface area (Å²) in [6, 6.07) is 0. The summed E-state index contributed by atoms with van der Waals surface area (Å²) in [4.78, 5) is 0. The van der Waals surface area contributed by atoms with E-state index in [9.17, 15) is 0 Å². The molecule has 3 nitrogen and oxygen atoms in total. The summed E-state index contributed by atoms with van der Waals surface area (Å²) in [5.41, 5.74) is 0. The molecule has 122 valence electrons. The summed E-state index contributed by atoms with van der Waals surface area (Å²) in [5, 5.41) is 0. The van der Waals surface area contributed by atoms with Crippen molar-refractivity contribution in [2.45, 2.75) is 83.7 Å². The van der Waals surface area contributed by atoms with Crippen LogP contribution in [0, 0.1) is 17.8 Å². The first-order valence-corrected chi connectivity index (χ1v) is 9.09. The SMILES string of the molecule is CC1CCC(OC2CCC(C3OCC(C)CO3)CC2)CC1. The molecule has 0 bridgehead atoms. The minimum atomic E-state index is 0.0534. The van der Waals surface area contributed by atoms with Crippen LogP contribution in [0.1, 0.15) is 65.2 Å².